The van der Waals surface area contributed by atoms with E-state index in [2.05, 4.69) is 15.4 Å². The normalized spacial score (nSPS) is 10.6. The van der Waals surface area contributed by atoms with Gasteiger partial charge in [0, 0.05) is 45.5 Å². The lowest BCUT2D eigenvalue weighted by molar-refractivity contribution is 0.0958. The average Bonchev–Trinajstić information content (AvgIpc) is 3.04. The van der Waals surface area contributed by atoms with Gasteiger partial charge < -0.3 is 16.0 Å². The van der Waals surface area contributed by atoms with E-state index >= 15 is 0 Å². The number of nitrogen functional groups attached to an aromatic ring is 1. The molecule has 0 radical (unpaired) electrons. The van der Waals surface area contributed by atoms with Crippen molar-refractivity contribution < 1.29 is 4.79 Å². The Hall–Kier alpha value is -2.09. The topological polar surface area (TPSA) is 89.1 Å². The summed E-state index contributed by atoms with van der Waals surface area (Å²) in [5, 5.41) is 7.71. The molecule has 0 saturated heterocycles. The SMILES string of the molecule is CCN(C)c1nc(N)c(C(=O)NCCc2ccnn2C)s1. The van der Waals surface area contributed by atoms with Gasteiger partial charge in [0.25, 0.3) is 5.91 Å². The summed E-state index contributed by atoms with van der Waals surface area (Å²) in [6, 6.07) is 1.93. The van der Waals surface area contributed by atoms with E-state index < -0.39 is 0 Å². The van der Waals surface area contributed by atoms with E-state index in [1.807, 2.05) is 32.0 Å². The Labute approximate surface area is 127 Å². The van der Waals surface area contributed by atoms with Gasteiger partial charge in [0.05, 0.1) is 0 Å². The second kappa shape index (κ2) is 6.57. The van der Waals surface area contributed by atoms with E-state index in [0.29, 0.717) is 11.4 Å². The molecule has 0 saturated carbocycles. The van der Waals surface area contributed by atoms with Crippen LogP contribution in [0.1, 0.15) is 22.3 Å². The fourth-order valence-corrected chi connectivity index (χ4v) is 2.74. The Morgan fingerprint density at radius 3 is 2.95 bits per heavy atom. The number of anilines is 2. The summed E-state index contributed by atoms with van der Waals surface area (Å²) in [5.74, 6) is 0.108. The smallest absolute Gasteiger partial charge is 0.265 e. The van der Waals surface area contributed by atoms with E-state index in [1.54, 1.807) is 10.9 Å². The third kappa shape index (κ3) is 3.52. The van der Waals surface area contributed by atoms with Gasteiger partial charge in [-0.1, -0.05) is 11.3 Å². The molecule has 0 spiro atoms. The Balaban J connectivity index is 1.94. The van der Waals surface area contributed by atoms with Crippen molar-refractivity contribution in [1.82, 2.24) is 20.1 Å². The molecular weight excluding hydrogens is 288 g/mol. The molecule has 0 aliphatic carbocycles. The Kier molecular flexibility index (Phi) is 4.79. The van der Waals surface area contributed by atoms with Gasteiger partial charge >= 0.3 is 0 Å². The number of nitrogens with two attached hydrogens (primary N) is 1. The first-order valence-electron chi connectivity index (χ1n) is 6.75. The molecule has 2 aromatic rings. The maximum absolute atomic E-state index is 12.1. The molecule has 21 heavy (non-hydrogen) atoms. The monoisotopic (exact) mass is 308 g/mol. The summed E-state index contributed by atoms with van der Waals surface area (Å²) < 4.78 is 1.79. The highest BCUT2D eigenvalue weighted by Crippen LogP contribution is 2.27. The molecule has 1 amide bonds. The second-order valence-corrected chi connectivity index (χ2v) is 5.65. The van der Waals surface area contributed by atoms with Crippen molar-refractivity contribution >= 4 is 28.2 Å². The minimum absolute atomic E-state index is 0.178. The molecule has 2 aromatic heterocycles. The minimum Gasteiger partial charge on any atom is -0.382 e. The number of aromatic nitrogens is 3. The van der Waals surface area contributed by atoms with Gasteiger partial charge in [-0.15, -0.1) is 0 Å². The fourth-order valence-electron chi connectivity index (χ4n) is 1.81. The van der Waals surface area contributed by atoms with Crippen molar-refractivity contribution in [3.8, 4) is 0 Å². The predicted molar refractivity (Wildman–Crippen MR) is 84.7 cm³/mol. The lowest BCUT2D eigenvalue weighted by Crippen LogP contribution is -2.26. The van der Waals surface area contributed by atoms with Gasteiger partial charge in [0.2, 0.25) is 0 Å². The fraction of sp³-hybridized carbons (Fsp3) is 0.462. The van der Waals surface area contributed by atoms with E-state index in [-0.39, 0.29) is 11.7 Å². The number of hydrogen-bond donors (Lipinski definition) is 2. The number of amides is 1. The lowest BCUT2D eigenvalue weighted by Gasteiger charge is -2.10. The number of carbonyl (C=O) groups is 1. The zero-order chi connectivity index (χ0) is 15.4. The molecule has 0 unspecified atom stereocenters. The number of thiazole rings is 1. The first-order valence-corrected chi connectivity index (χ1v) is 7.57. The summed E-state index contributed by atoms with van der Waals surface area (Å²) in [6.07, 6.45) is 2.47. The van der Waals surface area contributed by atoms with Crippen molar-refractivity contribution in [1.29, 1.82) is 0 Å². The number of nitrogens with zero attached hydrogens (tertiary/aromatic N) is 4. The molecular formula is C13H20N6OS. The molecule has 0 fully saturated rings. The molecule has 7 nitrogen and oxygen atoms in total. The number of aryl methyl sites for hydroxylation is 1. The quantitative estimate of drug-likeness (QED) is 0.827. The number of carbonyl (C=O) groups excluding carboxylic acids is 1. The molecule has 0 atom stereocenters. The lowest BCUT2D eigenvalue weighted by atomic mass is 10.3. The minimum atomic E-state index is -0.178. The zero-order valence-corrected chi connectivity index (χ0v) is 13.3. The zero-order valence-electron chi connectivity index (χ0n) is 12.5. The maximum atomic E-state index is 12.1. The average molecular weight is 308 g/mol. The number of hydrogen-bond acceptors (Lipinski definition) is 6. The van der Waals surface area contributed by atoms with Gasteiger partial charge in [-0.2, -0.15) is 5.10 Å². The van der Waals surface area contributed by atoms with Crippen LogP contribution in [0, 0.1) is 0 Å². The van der Waals surface area contributed by atoms with Crippen molar-refractivity contribution in [3.63, 3.8) is 0 Å². The molecule has 0 aliphatic rings. The van der Waals surface area contributed by atoms with Crippen LogP contribution in [0.25, 0.3) is 0 Å². The second-order valence-electron chi connectivity index (χ2n) is 4.68. The molecule has 0 bridgehead atoms. The first kappa shape index (κ1) is 15.3. The summed E-state index contributed by atoms with van der Waals surface area (Å²) >= 11 is 1.31. The van der Waals surface area contributed by atoms with Crippen LogP contribution in [-0.2, 0) is 13.5 Å². The molecule has 3 N–H and O–H groups in total. The highest BCUT2D eigenvalue weighted by atomic mass is 32.1. The van der Waals surface area contributed by atoms with Crippen LogP contribution in [0.5, 0.6) is 0 Å². The highest BCUT2D eigenvalue weighted by Gasteiger charge is 2.17. The molecule has 114 valence electrons. The van der Waals surface area contributed by atoms with Crippen LogP contribution in [0.2, 0.25) is 0 Å². The van der Waals surface area contributed by atoms with Gasteiger partial charge in [-0.25, -0.2) is 4.98 Å². The largest absolute Gasteiger partial charge is 0.382 e. The van der Waals surface area contributed by atoms with Gasteiger partial charge in [-0.3, -0.25) is 9.48 Å². The van der Waals surface area contributed by atoms with Crippen LogP contribution >= 0.6 is 11.3 Å². The highest BCUT2D eigenvalue weighted by molar-refractivity contribution is 7.18. The predicted octanol–water partition coefficient (Wildman–Crippen LogP) is 0.887. The van der Waals surface area contributed by atoms with Crippen LogP contribution in [-0.4, -0.2) is 40.8 Å². The maximum Gasteiger partial charge on any atom is 0.265 e. The van der Waals surface area contributed by atoms with Gasteiger partial charge in [0.15, 0.2) is 5.13 Å². The van der Waals surface area contributed by atoms with Gasteiger partial charge in [0.1, 0.15) is 10.7 Å². The Morgan fingerprint density at radius 1 is 1.57 bits per heavy atom. The summed E-state index contributed by atoms with van der Waals surface area (Å²) in [6.45, 7) is 3.37. The third-order valence-corrected chi connectivity index (χ3v) is 4.42. The Morgan fingerprint density at radius 2 is 2.33 bits per heavy atom. The first-order chi connectivity index (χ1) is 10.0. The van der Waals surface area contributed by atoms with Crippen LogP contribution < -0.4 is 16.0 Å². The van der Waals surface area contributed by atoms with Crippen LogP contribution in [0.4, 0.5) is 10.9 Å². The van der Waals surface area contributed by atoms with Crippen LogP contribution in [0.15, 0.2) is 12.3 Å². The molecule has 2 heterocycles. The molecule has 0 aliphatic heterocycles. The standard InChI is InChI=1S/C13H20N6OS/c1-4-18(2)13-17-11(14)10(21-13)12(20)15-7-5-9-6-8-16-19(9)3/h6,8H,4-5,7,14H2,1-3H3,(H,15,20). The number of rotatable bonds is 6. The van der Waals surface area contributed by atoms with Crippen LogP contribution in [0.3, 0.4) is 0 Å². The van der Waals surface area contributed by atoms with Crippen molar-refractivity contribution in [2.45, 2.75) is 13.3 Å². The number of nitrogens with one attached hydrogen (secondary N) is 1. The van der Waals surface area contributed by atoms with E-state index in [0.717, 1.165) is 23.8 Å². The van der Waals surface area contributed by atoms with Crippen molar-refractivity contribution in [2.75, 3.05) is 30.8 Å². The van der Waals surface area contributed by atoms with Crippen molar-refractivity contribution in [3.05, 3.63) is 22.8 Å². The van der Waals surface area contributed by atoms with Gasteiger partial charge in [-0.05, 0) is 13.0 Å². The molecule has 0 aromatic carbocycles. The summed E-state index contributed by atoms with van der Waals surface area (Å²) in [4.78, 5) is 18.8. The van der Waals surface area contributed by atoms with Crippen molar-refractivity contribution in [2.24, 2.45) is 7.05 Å². The molecule has 8 heteroatoms. The third-order valence-electron chi connectivity index (χ3n) is 3.24. The Bertz CT molecular complexity index is 620. The summed E-state index contributed by atoms with van der Waals surface area (Å²) in [7, 11) is 3.80. The van der Waals surface area contributed by atoms with E-state index in [1.165, 1.54) is 11.3 Å². The van der Waals surface area contributed by atoms with E-state index in [4.69, 9.17) is 5.73 Å². The van der Waals surface area contributed by atoms with E-state index in [9.17, 15) is 4.79 Å². The summed E-state index contributed by atoms with van der Waals surface area (Å²) in [5.41, 5.74) is 6.89. The molecule has 2 rings (SSSR count).